The summed E-state index contributed by atoms with van der Waals surface area (Å²) in [4.78, 5) is 25.1. The second-order valence-corrected chi connectivity index (χ2v) is 4.79. The van der Waals surface area contributed by atoms with Crippen LogP contribution in [0.25, 0.3) is 0 Å². The first-order valence-corrected chi connectivity index (χ1v) is 6.36. The van der Waals surface area contributed by atoms with E-state index >= 15 is 0 Å². The molecular weight excluding hydrogens is 246 g/mol. The van der Waals surface area contributed by atoms with Gasteiger partial charge in [0.1, 0.15) is 0 Å². The topological polar surface area (TPSA) is 77.8 Å². The fourth-order valence-corrected chi connectivity index (χ4v) is 2.42. The van der Waals surface area contributed by atoms with Crippen LogP contribution in [0.1, 0.15) is 33.6 Å². The number of carboxylic acid groups (broad SMARTS) is 1. The summed E-state index contributed by atoms with van der Waals surface area (Å²) in [5.74, 6) is -1.27. The Balaban J connectivity index is 2.22. The van der Waals surface area contributed by atoms with Gasteiger partial charge in [-0.05, 0) is 30.9 Å². The average Bonchev–Trinajstić information content (AvgIpc) is 2.46. The summed E-state index contributed by atoms with van der Waals surface area (Å²) in [5.41, 5.74) is 0.243. The smallest absolute Gasteiger partial charge is 0.336 e. The van der Waals surface area contributed by atoms with E-state index in [2.05, 4.69) is 0 Å². The Morgan fingerprint density at radius 3 is 2.58 bits per heavy atom. The van der Waals surface area contributed by atoms with Crippen molar-refractivity contribution in [3.63, 3.8) is 0 Å². The molecule has 1 aromatic rings. The number of benzene rings is 1. The van der Waals surface area contributed by atoms with E-state index in [0.717, 1.165) is 12.8 Å². The molecule has 1 heterocycles. The molecule has 2 rings (SSSR count). The van der Waals surface area contributed by atoms with Crippen LogP contribution in [0.15, 0.2) is 24.3 Å². The number of carbonyl (C=O) groups excluding carboxylic acids is 1. The van der Waals surface area contributed by atoms with Crippen LogP contribution in [0.2, 0.25) is 0 Å². The highest BCUT2D eigenvalue weighted by Crippen LogP contribution is 2.19. The van der Waals surface area contributed by atoms with Crippen molar-refractivity contribution in [2.45, 2.75) is 12.8 Å². The van der Waals surface area contributed by atoms with Crippen LogP contribution in [0, 0.1) is 5.92 Å². The third-order valence-corrected chi connectivity index (χ3v) is 3.45. The van der Waals surface area contributed by atoms with Gasteiger partial charge in [0.15, 0.2) is 0 Å². The molecule has 1 aromatic carbocycles. The zero-order valence-electron chi connectivity index (χ0n) is 10.6. The summed E-state index contributed by atoms with van der Waals surface area (Å²) in [5, 5.41) is 18.3. The van der Waals surface area contributed by atoms with Gasteiger partial charge in [-0.1, -0.05) is 12.1 Å². The van der Waals surface area contributed by atoms with E-state index in [4.69, 9.17) is 5.11 Å². The molecule has 1 fully saturated rings. The number of amides is 1. The molecule has 0 spiro atoms. The van der Waals surface area contributed by atoms with E-state index < -0.39 is 5.97 Å². The molecule has 1 aliphatic rings. The van der Waals surface area contributed by atoms with E-state index in [0.29, 0.717) is 13.1 Å². The predicted molar refractivity (Wildman–Crippen MR) is 69.1 cm³/mol. The largest absolute Gasteiger partial charge is 0.478 e. The Hall–Kier alpha value is -1.88. The zero-order valence-corrected chi connectivity index (χ0v) is 10.6. The monoisotopic (exact) mass is 263 g/mol. The molecule has 1 aliphatic heterocycles. The second-order valence-electron chi connectivity index (χ2n) is 4.79. The Bertz CT molecular complexity index is 486. The number of aliphatic hydroxyl groups excluding tert-OH is 1. The lowest BCUT2D eigenvalue weighted by Gasteiger charge is -2.32. The lowest BCUT2D eigenvalue weighted by Crippen LogP contribution is -2.41. The number of hydrogen-bond acceptors (Lipinski definition) is 3. The summed E-state index contributed by atoms with van der Waals surface area (Å²) in [6.45, 7) is 1.16. The number of aromatic carboxylic acids is 1. The van der Waals surface area contributed by atoms with Crippen molar-refractivity contribution in [2.24, 2.45) is 5.92 Å². The van der Waals surface area contributed by atoms with Crippen LogP contribution in [-0.2, 0) is 0 Å². The molecule has 5 nitrogen and oxygen atoms in total. The van der Waals surface area contributed by atoms with Crippen molar-refractivity contribution in [3.05, 3.63) is 35.4 Å². The summed E-state index contributed by atoms with van der Waals surface area (Å²) in [7, 11) is 0. The van der Waals surface area contributed by atoms with Gasteiger partial charge < -0.3 is 15.1 Å². The number of nitrogens with zero attached hydrogens (tertiary/aromatic N) is 1. The first kappa shape index (κ1) is 13.5. The maximum absolute atomic E-state index is 12.4. The van der Waals surface area contributed by atoms with E-state index in [1.54, 1.807) is 17.0 Å². The number of rotatable bonds is 3. The van der Waals surface area contributed by atoms with Crippen molar-refractivity contribution in [1.29, 1.82) is 0 Å². The molecule has 1 saturated heterocycles. The van der Waals surface area contributed by atoms with Crippen LogP contribution >= 0.6 is 0 Å². The molecule has 1 amide bonds. The Morgan fingerprint density at radius 2 is 1.95 bits per heavy atom. The average molecular weight is 263 g/mol. The standard InChI is InChI=1S/C14H17NO4/c16-9-10-4-3-7-15(8-10)13(17)11-5-1-2-6-12(11)14(18)19/h1-2,5-6,10,16H,3-4,7-9H2,(H,18,19). The molecule has 1 atom stereocenters. The van der Waals surface area contributed by atoms with E-state index in [1.807, 2.05) is 0 Å². The third kappa shape index (κ3) is 2.93. The summed E-state index contributed by atoms with van der Waals surface area (Å²) in [6, 6.07) is 6.23. The zero-order chi connectivity index (χ0) is 13.8. The van der Waals surface area contributed by atoms with E-state index in [1.165, 1.54) is 12.1 Å². The maximum atomic E-state index is 12.4. The fourth-order valence-electron chi connectivity index (χ4n) is 2.42. The fraction of sp³-hybridized carbons (Fsp3) is 0.429. The normalized spacial score (nSPS) is 19.2. The molecule has 0 radical (unpaired) electrons. The molecule has 0 aliphatic carbocycles. The van der Waals surface area contributed by atoms with Crippen molar-refractivity contribution in [1.82, 2.24) is 4.90 Å². The highest BCUT2D eigenvalue weighted by molar-refractivity contribution is 6.04. The summed E-state index contributed by atoms with van der Waals surface area (Å²) < 4.78 is 0. The van der Waals surface area contributed by atoms with Crippen molar-refractivity contribution in [2.75, 3.05) is 19.7 Å². The van der Waals surface area contributed by atoms with Gasteiger partial charge in [0, 0.05) is 19.7 Å². The lowest BCUT2D eigenvalue weighted by molar-refractivity contribution is 0.0602. The minimum absolute atomic E-state index is 0.0265. The van der Waals surface area contributed by atoms with Gasteiger partial charge in [-0.2, -0.15) is 0 Å². The molecule has 0 saturated carbocycles. The number of carboxylic acids is 1. The van der Waals surface area contributed by atoms with Crippen molar-refractivity contribution >= 4 is 11.9 Å². The van der Waals surface area contributed by atoms with Crippen molar-refractivity contribution in [3.8, 4) is 0 Å². The van der Waals surface area contributed by atoms with Crippen LogP contribution in [0.3, 0.4) is 0 Å². The van der Waals surface area contributed by atoms with Gasteiger partial charge in [-0.25, -0.2) is 4.79 Å². The first-order valence-electron chi connectivity index (χ1n) is 6.36. The number of piperidine rings is 1. The summed E-state index contributed by atoms with van der Waals surface area (Å²) >= 11 is 0. The number of hydrogen-bond donors (Lipinski definition) is 2. The van der Waals surface area contributed by atoms with Crippen molar-refractivity contribution < 1.29 is 19.8 Å². The van der Waals surface area contributed by atoms with Gasteiger partial charge in [-0.15, -0.1) is 0 Å². The minimum Gasteiger partial charge on any atom is -0.478 e. The Labute approximate surface area is 111 Å². The van der Waals surface area contributed by atoms with Gasteiger partial charge in [0.05, 0.1) is 11.1 Å². The van der Waals surface area contributed by atoms with E-state index in [9.17, 15) is 14.7 Å². The third-order valence-electron chi connectivity index (χ3n) is 3.45. The van der Waals surface area contributed by atoms with Crippen LogP contribution in [-0.4, -0.2) is 46.7 Å². The van der Waals surface area contributed by atoms with Gasteiger partial charge in [-0.3, -0.25) is 4.79 Å². The maximum Gasteiger partial charge on any atom is 0.336 e. The summed E-state index contributed by atoms with van der Waals surface area (Å²) in [6.07, 6.45) is 1.74. The molecule has 0 bridgehead atoms. The van der Waals surface area contributed by atoms with Crippen LogP contribution in [0.5, 0.6) is 0 Å². The number of likely N-dealkylation sites (tertiary alicyclic amines) is 1. The highest BCUT2D eigenvalue weighted by Gasteiger charge is 2.26. The van der Waals surface area contributed by atoms with Gasteiger partial charge in [0.25, 0.3) is 5.91 Å². The molecular formula is C14H17NO4. The second kappa shape index (κ2) is 5.84. The van der Waals surface area contributed by atoms with Gasteiger partial charge >= 0.3 is 5.97 Å². The van der Waals surface area contributed by atoms with Crippen LogP contribution in [0.4, 0.5) is 0 Å². The molecule has 102 valence electrons. The van der Waals surface area contributed by atoms with Gasteiger partial charge in [0.2, 0.25) is 0 Å². The molecule has 19 heavy (non-hydrogen) atoms. The SMILES string of the molecule is O=C(O)c1ccccc1C(=O)N1CCCC(CO)C1. The van der Waals surface area contributed by atoms with Crippen LogP contribution < -0.4 is 0 Å². The van der Waals surface area contributed by atoms with E-state index in [-0.39, 0.29) is 29.6 Å². The predicted octanol–water partition coefficient (Wildman–Crippen LogP) is 1.23. The quantitative estimate of drug-likeness (QED) is 0.859. The lowest BCUT2D eigenvalue weighted by atomic mass is 9.97. The first-order chi connectivity index (χ1) is 9.13. The number of aliphatic hydroxyl groups is 1. The minimum atomic E-state index is -1.10. The Morgan fingerprint density at radius 1 is 1.26 bits per heavy atom. The molecule has 5 heteroatoms. The molecule has 0 aromatic heterocycles. The molecule has 2 N–H and O–H groups in total. The Kier molecular flexibility index (Phi) is 4.16. The number of carbonyl (C=O) groups is 2. The highest BCUT2D eigenvalue weighted by atomic mass is 16.4. The molecule has 1 unspecified atom stereocenters.